The normalized spacial score (nSPS) is 12.6. The quantitative estimate of drug-likeness (QED) is 0.680. The molecule has 1 aromatic heterocycles. The van der Waals surface area contributed by atoms with Gasteiger partial charge in [0.1, 0.15) is 0 Å². The Labute approximate surface area is 138 Å². The summed E-state index contributed by atoms with van der Waals surface area (Å²) in [7, 11) is 0. The van der Waals surface area contributed by atoms with Gasteiger partial charge in [0.15, 0.2) is 0 Å². The van der Waals surface area contributed by atoms with E-state index >= 15 is 0 Å². The van der Waals surface area contributed by atoms with Crippen LogP contribution in [-0.4, -0.2) is 6.54 Å². The molecule has 20 heavy (non-hydrogen) atoms. The fourth-order valence-corrected chi connectivity index (χ4v) is 4.05. The average Bonchev–Trinajstić information content (AvgIpc) is 2.79. The number of rotatable bonds is 6. The third kappa shape index (κ3) is 4.59. The summed E-state index contributed by atoms with van der Waals surface area (Å²) < 4.78 is 1.16. The molecule has 0 spiro atoms. The monoisotopic (exact) mass is 371 g/mol. The summed E-state index contributed by atoms with van der Waals surface area (Å²) in [6.45, 7) is 5.30. The van der Waals surface area contributed by atoms with Crippen molar-refractivity contribution in [1.29, 1.82) is 0 Å². The maximum Gasteiger partial charge on any atom is 0.0411 e. The van der Waals surface area contributed by atoms with Crippen LogP contribution in [0.15, 0.2) is 34.1 Å². The summed E-state index contributed by atoms with van der Waals surface area (Å²) in [6, 6.07) is 8.82. The van der Waals surface area contributed by atoms with Gasteiger partial charge in [-0.1, -0.05) is 24.6 Å². The highest BCUT2D eigenvalue weighted by Crippen LogP contribution is 2.27. The smallest absolute Gasteiger partial charge is 0.0411 e. The summed E-state index contributed by atoms with van der Waals surface area (Å²) in [5.74, 6) is 0. The van der Waals surface area contributed by atoms with Gasteiger partial charge in [0.05, 0.1) is 0 Å². The highest BCUT2D eigenvalue weighted by Gasteiger charge is 2.14. The summed E-state index contributed by atoms with van der Waals surface area (Å²) in [5.41, 5.74) is 2.48. The van der Waals surface area contributed by atoms with Gasteiger partial charge in [-0.05, 0) is 65.1 Å². The summed E-state index contributed by atoms with van der Waals surface area (Å²) in [6.07, 6.45) is 2.13. The van der Waals surface area contributed by atoms with E-state index in [-0.39, 0.29) is 0 Å². The van der Waals surface area contributed by atoms with Gasteiger partial charge in [-0.15, -0.1) is 11.3 Å². The average molecular weight is 373 g/mol. The minimum Gasteiger partial charge on any atom is -0.310 e. The molecule has 0 aliphatic rings. The molecule has 1 aromatic carbocycles. The SMILES string of the molecule is CCCNC(Cc1cc(Br)cs1)c1cc(C)cc(Cl)c1. The molecular formula is C16H19BrClNS. The lowest BCUT2D eigenvalue weighted by atomic mass is 10.0. The zero-order valence-electron chi connectivity index (χ0n) is 11.7. The Hall–Kier alpha value is -0.350. The zero-order valence-corrected chi connectivity index (χ0v) is 14.9. The van der Waals surface area contributed by atoms with Crippen molar-refractivity contribution in [2.75, 3.05) is 6.54 Å². The molecule has 1 atom stereocenters. The van der Waals surface area contributed by atoms with Crippen molar-refractivity contribution >= 4 is 38.9 Å². The lowest BCUT2D eigenvalue weighted by Crippen LogP contribution is -2.24. The lowest BCUT2D eigenvalue weighted by molar-refractivity contribution is 0.532. The Morgan fingerprint density at radius 2 is 2.10 bits per heavy atom. The van der Waals surface area contributed by atoms with Crippen LogP contribution >= 0.6 is 38.9 Å². The van der Waals surface area contributed by atoms with Crippen molar-refractivity contribution in [2.24, 2.45) is 0 Å². The predicted molar refractivity (Wildman–Crippen MR) is 92.9 cm³/mol. The number of aryl methyl sites for hydroxylation is 1. The van der Waals surface area contributed by atoms with Gasteiger partial charge in [-0.3, -0.25) is 0 Å². The van der Waals surface area contributed by atoms with Gasteiger partial charge in [-0.25, -0.2) is 0 Å². The summed E-state index contributed by atoms with van der Waals surface area (Å²) in [5, 5.41) is 6.58. The molecule has 1 N–H and O–H groups in total. The highest BCUT2D eigenvalue weighted by atomic mass is 79.9. The molecule has 1 heterocycles. The number of nitrogens with one attached hydrogen (secondary N) is 1. The lowest BCUT2D eigenvalue weighted by Gasteiger charge is -2.19. The van der Waals surface area contributed by atoms with E-state index in [1.165, 1.54) is 16.0 Å². The largest absolute Gasteiger partial charge is 0.310 e. The van der Waals surface area contributed by atoms with E-state index in [0.717, 1.165) is 28.9 Å². The van der Waals surface area contributed by atoms with E-state index in [2.05, 4.69) is 58.7 Å². The molecule has 0 aliphatic heterocycles. The molecule has 108 valence electrons. The molecule has 2 aromatic rings. The second-order valence-electron chi connectivity index (χ2n) is 5.00. The second kappa shape index (κ2) is 7.60. The minimum absolute atomic E-state index is 0.317. The van der Waals surface area contributed by atoms with E-state index in [0.29, 0.717) is 6.04 Å². The number of benzene rings is 1. The van der Waals surface area contributed by atoms with E-state index in [1.54, 1.807) is 11.3 Å². The van der Waals surface area contributed by atoms with Crippen LogP contribution in [0, 0.1) is 6.92 Å². The number of thiophene rings is 1. The van der Waals surface area contributed by atoms with Crippen molar-refractivity contribution in [1.82, 2.24) is 5.32 Å². The Morgan fingerprint density at radius 3 is 2.70 bits per heavy atom. The molecular weight excluding hydrogens is 354 g/mol. The molecule has 0 amide bonds. The molecule has 0 fully saturated rings. The van der Waals surface area contributed by atoms with Gasteiger partial charge >= 0.3 is 0 Å². The first-order valence-electron chi connectivity index (χ1n) is 6.82. The van der Waals surface area contributed by atoms with Crippen LogP contribution in [0.1, 0.15) is 35.4 Å². The van der Waals surface area contributed by atoms with Gasteiger partial charge < -0.3 is 5.32 Å². The fourth-order valence-electron chi connectivity index (χ4n) is 2.25. The fraction of sp³-hybridized carbons (Fsp3) is 0.375. The minimum atomic E-state index is 0.317. The topological polar surface area (TPSA) is 12.0 Å². The van der Waals surface area contributed by atoms with Crippen LogP contribution in [0.25, 0.3) is 0 Å². The van der Waals surface area contributed by atoms with Crippen LogP contribution < -0.4 is 5.32 Å². The van der Waals surface area contributed by atoms with Crippen molar-refractivity contribution in [3.63, 3.8) is 0 Å². The number of hydrogen-bond acceptors (Lipinski definition) is 2. The first kappa shape index (κ1) is 16.0. The van der Waals surface area contributed by atoms with Gasteiger partial charge in [0.2, 0.25) is 0 Å². The standard InChI is InChI=1S/C16H19BrClNS/c1-3-4-19-16(9-15-8-13(17)10-20-15)12-5-11(2)6-14(18)7-12/h5-8,10,16,19H,3-4,9H2,1-2H3. The Morgan fingerprint density at radius 1 is 1.30 bits per heavy atom. The van der Waals surface area contributed by atoms with E-state index in [4.69, 9.17) is 11.6 Å². The highest BCUT2D eigenvalue weighted by molar-refractivity contribution is 9.10. The molecule has 2 rings (SSSR count). The van der Waals surface area contributed by atoms with Crippen molar-refractivity contribution in [2.45, 2.75) is 32.7 Å². The molecule has 4 heteroatoms. The number of halogens is 2. The van der Waals surface area contributed by atoms with Crippen molar-refractivity contribution in [3.8, 4) is 0 Å². The predicted octanol–water partition coefficient (Wildman–Crippen LogP) is 5.76. The van der Waals surface area contributed by atoms with Crippen LogP contribution in [0.2, 0.25) is 5.02 Å². The molecule has 0 saturated heterocycles. The first-order valence-corrected chi connectivity index (χ1v) is 8.87. The summed E-state index contributed by atoms with van der Waals surface area (Å²) in [4.78, 5) is 1.38. The van der Waals surface area contributed by atoms with Crippen molar-refractivity contribution in [3.05, 3.63) is 55.1 Å². The molecule has 0 saturated carbocycles. The number of hydrogen-bond donors (Lipinski definition) is 1. The van der Waals surface area contributed by atoms with Crippen LogP contribution in [0.3, 0.4) is 0 Å². The molecule has 1 nitrogen and oxygen atoms in total. The second-order valence-corrected chi connectivity index (χ2v) is 7.35. The third-order valence-corrected chi connectivity index (χ3v) is 5.07. The zero-order chi connectivity index (χ0) is 14.5. The van der Waals surface area contributed by atoms with Gasteiger partial charge in [0.25, 0.3) is 0 Å². The Kier molecular flexibility index (Phi) is 6.09. The Bertz CT molecular complexity index is 547. The van der Waals surface area contributed by atoms with E-state index in [9.17, 15) is 0 Å². The van der Waals surface area contributed by atoms with Gasteiger partial charge in [0, 0.05) is 32.2 Å². The molecule has 0 aliphatic carbocycles. The van der Waals surface area contributed by atoms with E-state index in [1.807, 2.05) is 6.07 Å². The molecule has 1 unspecified atom stereocenters. The van der Waals surface area contributed by atoms with Gasteiger partial charge in [-0.2, -0.15) is 0 Å². The Balaban J connectivity index is 2.21. The maximum absolute atomic E-state index is 6.20. The van der Waals surface area contributed by atoms with Crippen molar-refractivity contribution < 1.29 is 0 Å². The summed E-state index contributed by atoms with van der Waals surface area (Å²) >= 11 is 11.5. The van der Waals surface area contributed by atoms with Crippen LogP contribution in [-0.2, 0) is 6.42 Å². The molecule has 0 radical (unpaired) electrons. The van der Waals surface area contributed by atoms with Crippen LogP contribution in [0.5, 0.6) is 0 Å². The first-order chi connectivity index (χ1) is 9.58. The molecule has 0 bridgehead atoms. The maximum atomic E-state index is 6.20. The van der Waals surface area contributed by atoms with E-state index < -0.39 is 0 Å². The van der Waals surface area contributed by atoms with Crippen LogP contribution in [0.4, 0.5) is 0 Å². The third-order valence-electron chi connectivity index (χ3n) is 3.13.